The second kappa shape index (κ2) is 34.2. The van der Waals surface area contributed by atoms with Crippen molar-refractivity contribution in [3.63, 3.8) is 0 Å². The molecule has 282 valence electrons. The molecule has 49 heavy (non-hydrogen) atoms. The van der Waals surface area contributed by atoms with Crippen LogP contribution in [0.3, 0.4) is 0 Å². The van der Waals surface area contributed by atoms with Crippen LogP contribution in [-0.4, -0.2) is 61.4 Å². The number of hydrogen-bond acceptors (Lipinski definition) is 6. The highest BCUT2D eigenvalue weighted by Crippen LogP contribution is 2.27. The van der Waals surface area contributed by atoms with Gasteiger partial charge >= 0.3 is 5.97 Å². The average Bonchev–Trinajstić information content (AvgIpc) is 3.08. The Morgan fingerprint density at radius 2 is 0.918 bits per heavy atom. The van der Waals surface area contributed by atoms with Gasteiger partial charge in [-0.25, -0.2) is 0 Å². The number of ketones is 2. The third-order valence-corrected chi connectivity index (χ3v) is 8.97. The first-order chi connectivity index (χ1) is 23.8. The molecule has 0 unspecified atom stereocenters. The maximum atomic E-state index is 13.5. The van der Waals surface area contributed by atoms with E-state index in [0.717, 1.165) is 77.0 Å². The number of hydrogen-bond donors (Lipinski definition) is 1. The van der Waals surface area contributed by atoms with Gasteiger partial charge in [-0.15, -0.1) is 0 Å². The lowest BCUT2D eigenvalue weighted by Crippen LogP contribution is -2.47. The molecule has 0 amide bonds. The van der Waals surface area contributed by atoms with Crippen molar-refractivity contribution in [1.82, 2.24) is 4.90 Å². The molecule has 0 spiro atoms. The van der Waals surface area contributed by atoms with Crippen molar-refractivity contribution >= 4 is 17.5 Å². The van der Waals surface area contributed by atoms with Gasteiger partial charge in [0.05, 0.1) is 13.2 Å². The molecule has 0 aliphatic carbocycles. The molecule has 1 N–H and O–H groups in total. The summed E-state index contributed by atoms with van der Waals surface area (Å²) in [7, 11) is 3.51. The zero-order valence-corrected chi connectivity index (χ0v) is 32.2. The number of aliphatic hydroxyl groups excluding tert-OH is 1. The molecule has 0 aliphatic rings. The van der Waals surface area contributed by atoms with Gasteiger partial charge in [-0.1, -0.05) is 127 Å². The van der Waals surface area contributed by atoms with Crippen LogP contribution in [0.15, 0.2) is 48.6 Å². The van der Waals surface area contributed by atoms with E-state index in [9.17, 15) is 19.5 Å². The fourth-order valence-corrected chi connectivity index (χ4v) is 5.72. The zero-order chi connectivity index (χ0) is 36.3. The highest BCUT2D eigenvalue weighted by molar-refractivity contribution is 6.07. The van der Waals surface area contributed by atoms with Crippen LogP contribution in [0.25, 0.3) is 0 Å². The van der Waals surface area contributed by atoms with Crippen molar-refractivity contribution < 1.29 is 24.2 Å². The van der Waals surface area contributed by atoms with Gasteiger partial charge in [0.2, 0.25) is 0 Å². The van der Waals surface area contributed by atoms with Crippen molar-refractivity contribution in [3.8, 4) is 0 Å². The molecule has 0 rings (SSSR count). The van der Waals surface area contributed by atoms with E-state index in [1.54, 1.807) is 19.0 Å². The van der Waals surface area contributed by atoms with E-state index in [2.05, 4.69) is 62.5 Å². The molecule has 0 aliphatic heterocycles. The van der Waals surface area contributed by atoms with E-state index in [0.29, 0.717) is 12.8 Å². The van der Waals surface area contributed by atoms with Crippen LogP contribution >= 0.6 is 0 Å². The molecule has 0 aromatic rings. The van der Waals surface area contributed by atoms with Gasteiger partial charge in [-0.2, -0.15) is 0 Å². The summed E-state index contributed by atoms with van der Waals surface area (Å²) in [5.74, 6) is -1.10. The van der Waals surface area contributed by atoms with Crippen molar-refractivity contribution in [1.29, 1.82) is 0 Å². The molecule has 6 heteroatoms. The van der Waals surface area contributed by atoms with Crippen LogP contribution in [-0.2, 0) is 19.1 Å². The van der Waals surface area contributed by atoms with Crippen LogP contribution in [0.4, 0.5) is 0 Å². The molecular formula is C43H75NO5. The van der Waals surface area contributed by atoms with Gasteiger partial charge in [0.15, 0.2) is 11.6 Å². The minimum Gasteiger partial charge on any atom is -0.463 e. The SMILES string of the molecule is CCCCC/C=C\C/C=C\CCCCCCCC(=O)C(CO)(COC(=O)CN(C)C)C(=O)CCCCCCC/C=C\C/C=C\CCCCC. The quantitative estimate of drug-likeness (QED) is 0.0309. The van der Waals surface area contributed by atoms with E-state index < -0.39 is 18.0 Å². The first-order valence-electron chi connectivity index (χ1n) is 19.9. The van der Waals surface area contributed by atoms with E-state index >= 15 is 0 Å². The highest BCUT2D eigenvalue weighted by Gasteiger charge is 2.45. The Bertz CT molecular complexity index is 875. The van der Waals surface area contributed by atoms with E-state index in [1.807, 2.05) is 0 Å². The van der Waals surface area contributed by atoms with Crippen LogP contribution in [0.1, 0.15) is 168 Å². The van der Waals surface area contributed by atoms with E-state index in [1.165, 1.54) is 51.4 Å². The smallest absolute Gasteiger partial charge is 0.320 e. The second-order valence-electron chi connectivity index (χ2n) is 13.9. The summed E-state index contributed by atoms with van der Waals surface area (Å²) < 4.78 is 5.41. The molecule has 0 aromatic heterocycles. The highest BCUT2D eigenvalue weighted by atomic mass is 16.5. The van der Waals surface area contributed by atoms with E-state index in [4.69, 9.17) is 4.74 Å². The van der Waals surface area contributed by atoms with E-state index in [-0.39, 0.29) is 37.6 Å². The first-order valence-corrected chi connectivity index (χ1v) is 19.9. The fourth-order valence-electron chi connectivity index (χ4n) is 5.72. The lowest BCUT2D eigenvalue weighted by Gasteiger charge is -2.29. The summed E-state index contributed by atoms with van der Waals surface area (Å²) in [5, 5.41) is 10.4. The number of carbonyl (C=O) groups excluding carboxylic acids is 3. The molecule has 0 aromatic carbocycles. The number of aliphatic hydroxyl groups is 1. The Morgan fingerprint density at radius 3 is 1.29 bits per heavy atom. The number of esters is 1. The maximum absolute atomic E-state index is 13.5. The van der Waals surface area contributed by atoms with Gasteiger partial charge in [-0.05, 0) is 91.1 Å². The molecule has 0 radical (unpaired) electrons. The van der Waals surface area contributed by atoms with Crippen molar-refractivity contribution in [3.05, 3.63) is 48.6 Å². The minimum absolute atomic E-state index is 0.0553. The summed E-state index contributed by atoms with van der Waals surface area (Å²) >= 11 is 0. The molecule has 0 fully saturated rings. The number of rotatable bonds is 35. The summed E-state index contributed by atoms with van der Waals surface area (Å²) in [6.45, 7) is 3.51. The van der Waals surface area contributed by atoms with Crippen molar-refractivity contribution in [2.24, 2.45) is 5.41 Å². The number of carbonyl (C=O) groups is 3. The molecule has 6 nitrogen and oxygen atoms in total. The topological polar surface area (TPSA) is 83.9 Å². The van der Waals surface area contributed by atoms with Crippen LogP contribution in [0.5, 0.6) is 0 Å². The summed E-state index contributed by atoms with van der Waals surface area (Å²) in [6, 6.07) is 0. The third kappa shape index (κ3) is 27.1. The number of likely N-dealkylation sites (N-methyl/N-ethyl adjacent to an activating group) is 1. The standard InChI is InChI=1S/C43H75NO5/c1-5-7-9-11-13-15-17-19-21-23-25-27-29-31-33-35-40(46)43(38-45,39-49-42(48)37-44(3)4)41(47)36-34-32-30-28-26-24-22-20-18-16-14-12-10-8-6-2/h13-16,19-22,45H,5-12,17-18,23-39H2,1-4H3/b15-13-,16-14-,21-19-,22-20-. The molecule has 0 saturated carbocycles. The lowest BCUT2D eigenvalue weighted by molar-refractivity contribution is -0.157. The van der Waals surface area contributed by atoms with Crippen molar-refractivity contribution in [2.75, 3.05) is 33.9 Å². The number of Topliss-reactive ketones (excluding diaryl/α,β-unsaturated/α-hetero) is 2. The Morgan fingerprint density at radius 1 is 0.551 bits per heavy atom. The maximum Gasteiger partial charge on any atom is 0.320 e. The van der Waals surface area contributed by atoms with Crippen LogP contribution in [0.2, 0.25) is 0 Å². The number of unbranched alkanes of at least 4 members (excludes halogenated alkanes) is 16. The summed E-state index contributed by atoms with van der Waals surface area (Å²) in [5.41, 5.74) is -1.66. The Kier molecular flexibility index (Phi) is 32.5. The lowest BCUT2D eigenvalue weighted by atomic mass is 9.76. The molecule has 0 atom stereocenters. The molecule has 0 heterocycles. The number of ether oxygens (including phenoxy) is 1. The van der Waals surface area contributed by atoms with Gasteiger partial charge in [0.1, 0.15) is 12.0 Å². The first kappa shape index (κ1) is 46.7. The summed E-state index contributed by atoms with van der Waals surface area (Å²) in [4.78, 5) is 40.9. The van der Waals surface area contributed by atoms with Gasteiger partial charge in [0, 0.05) is 12.8 Å². The Balaban J connectivity index is 4.55. The Hall–Kier alpha value is -2.31. The predicted octanol–water partition coefficient (Wildman–Crippen LogP) is 10.8. The molecule has 0 bridgehead atoms. The van der Waals surface area contributed by atoms with Crippen LogP contribution in [0, 0.1) is 5.41 Å². The van der Waals surface area contributed by atoms with Gasteiger partial charge in [-0.3, -0.25) is 19.3 Å². The third-order valence-electron chi connectivity index (χ3n) is 8.97. The zero-order valence-electron chi connectivity index (χ0n) is 32.2. The predicted molar refractivity (Wildman–Crippen MR) is 208 cm³/mol. The molecular weight excluding hydrogens is 610 g/mol. The van der Waals surface area contributed by atoms with Gasteiger partial charge in [0.25, 0.3) is 0 Å². The Labute approximate surface area is 301 Å². The monoisotopic (exact) mass is 686 g/mol. The fraction of sp³-hybridized carbons (Fsp3) is 0.744. The van der Waals surface area contributed by atoms with Crippen LogP contribution < -0.4 is 0 Å². The number of nitrogens with zero attached hydrogens (tertiary/aromatic N) is 1. The largest absolute Gasteiger partial charge is 0.463 e. The number of allylic oxidation sites excluding steroid dienone is 8. The summed E-state index contributed by atoms with van der Waals surface area (Å²) in [6.07, 6.45) is 42.3. The van der Waals surface area contributed by atoms with Gasteiger partial charge < -0.3 is 9.84 Å². The normalized spacial score (nSPS) is 12.4. The molecule has 0 saturated heterocycles. The minimum atomic E-state index is -1.66. The van der Waals surface area contributed by atoms with Crippen molar-refractivity contribution in [2.45, 2.75) is 168 Å². The second-order valence-corrected chi connectivity index (χ2v) is 13.9. The average molecular weight is 686 g/mol.